The molecule has 5 heteroatoms. The van der Waals surface area contributed by atoms with Gasteiger partial charge in [0.15, 0.2) is 0 Å². The number of thiophene rings is 1. The van der Waals surface area contributed by atoms with E-state index < -0.39 is 17.7 Å². The summed E-state index contributed by atoms with van der Waals surface area (Å²) in [5.41, 5.74) is 6.25. The van der Waals surface area contributed by atoms with Gasteiger partial charge in [0.25, 0.3) is 0 Å². The Balaban J connectivity index is 2.07. The van der Waals surface area contributed by atoms with E-state index in [1.807, 2.05) is 30.3 Å². The third-order valence-electron chi connectivity index (χ3n) is 3.13. The van der Waals surface area contributed by atoms with Crippen LogP contribution in [0.4, 0.5) is 8.78 Å². The molecule has 0 bridgehead atoms. The molecular formula is C15H10BrF2NS. The molecule has 0 aliphatic heterocycles. The number of rotatable bonds is 2. The first kappa shape index (κ1) is 13.7. The Morgan fingerprint density at radius 3 is 2.55 bits per heavy atom. The van der Waals surface area contributed by atoms with Crippen molar-refractivity contribution in [3.05, 3.63) is 69.0 Å². The molecule has 1 unspecified atom stereocenters. The van der Waals surface area contributed by atoms with Crippen molar-refractivity contribution in [2.45, 2.75) is 6.04 Å². The molecule has 0 amide bonds. The van der Waals surface area contributed by atoms with Crippen LogP contribution in [0.1, 0.15) is 16.5 Å². The van der Waals surface area contributed by atoms with Gasteiger partial charge in [-0.15, -0.1) is 11.3 Å². The van der Waals surface area contributed by atoms with Gasteiger partial charge in [-0.3, -0.25) is 0 Å². The van der Waals surface area contributed by atoms with Crippen molar-refractivity contribution in [2.24, 2.45) is 5.73 Å². The molecule has 0 spiro atoms. The van der Waals surface area contributed by atoms with E-state index in [1.165, 1.54) is 11.3 Å². The molecule has 20 heavy (non-hydrogen) atoms. The highest BCUT2D eigenvalue weighted by Crippen LogP contribution is 2.33. The molecule has 3 rings (SSSR count). The molecule has 102 valence electrons. The maximum Gasteiger partial charge on any atom is 0.137 e. The lowest BCUT2D eigenvalue weighted by Crippen LogP contribution is -2.12. The van der Waals surface area contributed by atoms with Gasteiger partial charge in [0.2, 0.25) is 0 Å². The molecule has 0 saturated heterocycles. The zero-order valence-corrected chi connectivity index (χ0v) is 12.6. The van der Waals surface area contributed by atoms with E-state index in [1.54, 1.807) is 0 Å². The normalized spacial score (nSPS) is 12.8. The topological polar surface area (TPSA) is 26.0 Å². The Morgan fingerprint density at radius 1 is 1.05 bits per heavy atom. The lowest BCUT2D eigenvalue weighted by molar-refractivity contribution is 0.573. The molecule has 0 aliphatic rings. The van der Waals surface area contributed by atoms with Crippen LogP contribution in [-0.2, 0) is 0 Å². The third-order valence-corrected chi connectivity index (χ3v) is 4.93. The quantitative estimate of drug-likeness (QED) is 0.645. The summed E-state index contributed by atoms with van der Waals surface area (Å²) in [5, 5.41) is 1.06. The predicted octanol–water partition coefficient (Wildman–Crippen LogP) is 4.99. The fourth-order valence-corrected chi connectivity index (χ4v) is 3.49. The van der Waals surface area contributed by atoms with Crippen LogP contribution in [0.5, 0.6) is 0 Å². The van der Waals surface area contributed by atoms with Gasteiger partial charge in [0.1, 0.15) is 11.6 Å². The SMILES string of the molecule is NC(c1cc2ccccc2s1)c1cc(F)c(Br)cc1F. The third kappa shape index (κ3) is 2.37. The first-order valence-corrected chi connectivity index (χ1v) is 7.55. The van der Waals surface area contributed by atoms with Gasteiger partial charge in [-0.2, -0.15) is 0 Å². The van der Waals surface area contributed by atoms with Crippen LogP contribution in [-0.4, -0.2) is 0 Å². The second-order valence-electron chi connectivity index (χ2n) is 4.45. The van der Waals surface area contributed by atoms with Crippen LogP contribution in [0.15, 0.2) is 46.9 Å². The Morgan fingerprint density at radius 2 is 1.80 bits per heavy atom. The molecule has 3 aromatic rings. The number of nitrogens with two attached hydrogens (primary N) is 1. The summed E-state index contributed by atoms with van der Waals surface area (Å²) < 4.78 is 28.7. The molecular weight excluding hydrogens is 344 g/mol. The minimum Gasteiger partial charge on any atom is -0.320 e. The smallest absolute Gasteiger partial charge is 0.137 e. The summed E-state index contributed by atoms with van der Waals surface area (Å²) in [6, 6.07) is 11.3. The molecule has 0 fully saturated rings. The molecule has 0 aliphatic carbocycles. The van der Waals surface area contributed by atoms with E-state index >= 15 is 0 Å². The molecule has 1 nitrogen and oxygen atoms in total. The summed E-state index contributed by atoms with van der Waals surface area (Å²) in [4.78, 5) is 0.812. The highest BCUT2D eigenvalue weighted by Gasteiger charge is 2.18. The van der Waals surface area contributed by atoms with Gasteiger partial charge in [-0.1, -0.05) is 18.2 Å². The van der Waals surface area contributed by atoms with Gasteiger partial charge in [-0.05, 0) is 45.6 Å². The number of fused-ring (bicyclic) bond motifs is 1. The molecule has 2 N–H and O–H groups in total. The molecule has 1 heterocycles. The maximum atomic E-state index is 13.9. The second kappa shape index (κ2) is 5.24. The van der Waals surface area contributed by atoms with Crippen molar-refractivity contribution in [3.8, 4) is 0 Å². The lowest BCUT2D eigenvalue weighted by Gasteiger charge is -2.11. The van der Waals surface area contributed by atoms with Gasteiger partial charge >= 0.3 is 0 Å². The predicted molar refractivity (Wildman–Crippen MR) is 81.9 cm³/mol. The van der Waals surface area contributed by atoms with Gasteiger partial charge in [-0.25, -0.2) is 8.78 Å². The average Bonchev–Trinajstić information content (AvgIpc) is 2.86. The van der Waals surface area contributed by atoms with Crippen LogP contribution in [0, 0.1) is 11.6 Å². The van der Waals surface area contributed by atoms with E-state index in [9.17, 15) is 8.78 Å². The Hall–Kier alpha value is -1.30. The number of hydrogen-bond acceptors (Lipinski definition) is 2. The van der Waals surface area contributed by atoms with E-state index in [4.69, 9.17) is 5.73 Å². The standard InChI is InChI=1S/C15H10BrF2NS/c16-10-7-11(17)9(6-12(10)18)15(19)14-5-8-3-1-2-4-13(8)20-14/h1-7,15H,19H2. The van der Waals surface area contributed by atoms with Gasteiger partial charge in [0, 0.05) is 15.1 Å². The zero-order chi connectivity index (χ0) is 14.3. The molecule has 1 atom stereocenters. The molecule has 0 saturated carbocycles. The van der Waals surface area contributed by atoms with Crippen molar-refractivity contribution in [2.75, 3.05) is 0 Å². The second-order valence-corrected chi connectivity index (χ2v) is 6.42. The van der Waals surface area contributed by atoms with Crippen molar-refractivity contribution >= 4 is 37.4 Å². The van der Waals surface area contributed by atoms with Crippen LogP contribution >= 0.6 is 27.3 Å². The number of benzene rings is 2. The van der Waals surface area contributed by atoms with E-state index in [0.717, 1.165) is 27.1 Å². The summed E-state index contributed by atoms with van der Waals surface area (Å²) in [5.74, 6) is -1.03. The lowest BCUT2D eigenvalue weighted by atomic mass is 10.0. The highest BCUT2D eigenvalue weighted by molar-refractivity contribution is 9.10. The van der Waals surface area contributed by atoms with Gasteiger partial charge in [0.05, 0.1) is 10.5 Å². The summed E-state index contributed by atoms with van der Waals surface area (Å²) in [6.07, 6.45) is 0. The minimum absolute atomic E-state index is 0.0993. The Kier molecular flexibility index (Phi) is 3.58. The first-order chi connectivity index (χ1) is 9.56. The maximum absolute atomic E-state index is 13.9. The molecule has 1 aromatic heterocycles. The van der Waals surface area contributed by atoms with Crippen LogP contribution < -0.4 is 5.73 Å². The van der Waals surface area contributed by atoms with Crippen molar-refractivity contribution in [1.29, 1.82) is 0 Å². The molecule has 2 aromatic carbocycles. The summed E-state index contributed by atoms with van der Waals surface area (Å²) in [7, 11) is 0. The largest absolute Gasteiger partial charge is 0.320 e. The number of halogens is 3. The van der Waals surface area contributed by atoms with Crippen LogP contribution in [0.25, 0.3) is 10.1 Å². The van der Waals surface area contributed by atoms with Gasteiger partial charge < -0.3 is 5.73 Å². The van der Waals surface area contributed by atoms with Crippen molar-refractivity contribution in [3.63, 3.8) is 0 Å². The van der Waals surface area contributed by atoms with Crippen LogP contribution in [0.2, 0.25) is 0 Å². The first-order valence-electron chi connectivity index (χ1n) is 5.95. The van der Waals surface area contributed by atoms with Crippen molar-refractivity contribution in [1.82, 2.24) is 0 Å². The number of hydrogen-bond donors (Lipinski definition) is 1. The fraction of sp³-hybridized carbons (Fsp3) is 0.0667. The minimum atomic E-state index is -0.671. The summed E-state index contributed by atoms with van der Waals surface area (Å²) in [6.45, 7) is 0. The van der Waals surface area contributed by atoms with E-state index in [0.29, 0.717) is 0 Å². The van der Waals surface area contributed by atoms with Crippen LogP contribution in [0.3, 0.4) is 0 Å². The molecule has 0 radical (unpaired) electrons. The highest BCUT2D eigenvalue weighted by atomic mass is 79.9. The Bertz CT molecular complexity index is 752. The van der Waals surface area contributed by atoms with E-state index in [2.05, 4.69) is 15.9 Å². The summed E-state index contributed by atoms with van der Waals surface area (Å²) >= 11 is 4.45. The van der Waals surface area contributed by atoms with Crippen molar-refractivity contribution < 1.29 is 8.78 Å². The van der Waals surface area contributed by atoms with E-state index in [-0.39, 0.29) is 10.0 Å². The monoisotopic (exact) mass is 353 g/mol. The zero-order valence-electron chi connectivity index (χ0n) is 10.2. The fourth-order valence-electron chi connectivity index (χ4n) is 2.09. The Labute approximate surface area is 127 Å². The average molecular weight is 354 g/mol.